The molecule has 2 aromatic rings. The van der Waals surface area contributed by atoms with Crippen molar-refractivity contribution in [3.63, 3.8) is 0 Å². The van der Waals surface area contributed by atoms with Gasteiger partial charge in [0.1, 0.15) is 5.75 Å². The van der Waals surface area contributed by atoms with Crippen LogP contribution in [0, 0.1) is 0 Å². The van der Waals surface area contributed by atoms with Gasteiger partial charge in [-0.25, -0.2) is 0 Å². The molecule has 21 heavy (non-hydrogen) atoms. The number of anilines is 2. The molecule has 0 aromatic heterocycles. The van der Waals surface area contributed by atoms with Crippen LogP contribution in [0.5, 0.6) is 5.75 Å². The summed E-state index contributed by atoms with van der Waals surface area (Å²) in [6.07, 6.45) is 0. The molecule has 1 amide bonds. The van der Waals surface area contributed by atoms with Gasteiger partial charge in [0.2, 0.25) is 5.91 Å². The highest BCUT2D eigenvalue weighted by Gasteiger charge is 2.05. The van der Waals surface area contributed by atoms with Crippen LogP contribution in [0.15, 0.2) is 42.5 Å². The molecule has 0 bridgehead atoms. The Morgan fingerprint density at radius 2 is 1.86 bits per heavy atom. The second-order valence-corrected chi connectivity index (χ2v) is 5.10. The Hall–Kier alpha value is -1.91. The molecule has 6 heteroatoms. The predicted molar refractivity (Wildman–Crippen MR) is 86.6 cm³/mol. The Morgan fingerprint density at radius 1 is 1.14 bits per heavy atom. The summed E-state index contributed by atoms with van der Waals surface area (Å²) in [5.41, 5.74) is 1.36. The molecule has 2 N–H and O–H groups in total. The van der Waals surface area contributed by atoms with E-state index in [9.17, 15) is 4.79 Å². The fourth-order valence-electron chi connectivity index (χ4n) is 1.69. The van der Waals surface area contributed by atoms with E-state index in [0.717, 1.165) is 5.75 Å². The number of halogens is 2. The van der Waals surface area contributed by atoms with E-state index in [-0.39, 0.29) is 12.5 Å². The Morgan fingerprint density at radius 3 is 2.48 bits per heavy atom. The molecular weight excluding hydrogens is 311 g/mol. The fourth-order valence-corrected chi connectivity index (χ4v) is 2.16. The van der Waals surface area contributed by atoms with Gasteiger partial charge in [-0.15, -0.1) is 0 Å². The molecule has 110 valence electrons. The topological polar surface area (TPSA) is 50.4 Å². The number of nitrogens with one attached hydrogen (secondary N) is 2. The summed E-state index contributed by atoms with van der Waals surface area (Å²) in [6.45, 7) is 0.105. The van der Waals surface area contributed by atoms with E-state index in [0.29, 0.717) is 21.4 Å². The van der Waals surface area contributed by atoms with Crippen LogP contribution in [0.3, 0.4) is 0 Å². The van der Waals surface area contributed by atoms with Crippen LogP contribution in [-0.2, 0) is 4.79 Å². The van der Waals surface area contributed by atoms with Crippen molar-refractivity contribution in [1.82, 2.24) is 0 Å². The summed E-state index contributed by atoms with van der Waals surface area (Å²) in [6, 6.07) is 12.1. The van der Waals surface area contributed by atoms with E-state index < -0.39 is 0 Å². The lowest BCUT2D eigenvalue weighted by Gasteiger charge is -2.09. The van der Waals surface area contributed by atoms with Crippen LogP contribution in [0.4, 0.5) is 11.4 Å². The maximum absolute atomic E-state index is 11.8. The summed E-state index contributed by atoms with van der Waals surface area (Å²) in [4.78, 5) is 11.8. The first kappa shape index (κ1) is 15.5. The summed E-state index contributed by atoms with van der Waals surface area (Å²) in [5, 5.41) is 6.74. The van der Waals surface area contributed by atoms with Crippen molar-refractivity contribution >= 4 is 40.5 Å². The van der Waals surface area contributed by atoms with Crippen molar-refractivity contribution in [3.05, 3.63) is 52.5 Å². The van der Waals surface area contributed by atoms with E-state index in [1.807, 2.05) is 0 Å². The zero-order chi connectivity index (χ0) is 15.2. The number of benzene rings is 2. The van der Waals surface area contributed by atoms with Crippen molar-refractivity contribution in [1.29, 1.82) is 0 Å². The maximum Gasteiger partial charge on any atom is 0.243 e. The second-order valence-electron chi connectivity index (χ2n) is 4.25. The second kappa shape index (κ2) is 7.20. The molecule has 0 fully saturated rings. The summed E-state index contributed by atoms with van der Waals surface area (Å²) < 4.78 is 5.05. The number of hydrogen-bond acceptors (Lipinski definition) is 3. The maximum atomic E-state index is 11.8. The van der Waals surface area contributed by atoms with Crippen LogP contribution < -0.4 is 15.4 Å². The first-order chi connectivity index (χ1) is 10.1. The Labute approximate surface area is 133 Å². The molecule has 0 saturated carbocycles. The first-order valence-corrected chi connectivity index (χ1v) is 6.97. The molecule has 0 heterocycles. The quantitative estimate of drug-likeness (QED) is 0.872. The van der Waals surface area contributed by atoms with E-state index in [4.69, 9.17) is 27.9 Å². The molecule has 0 atom stereocenters. The highest BCUT2D eigenvalue weighted by Crippen LogP contribution is 2.25. The molecule has 0 aliphatic rings. The highest BCUT2D eigenvalue weighted by molar-refractivity contribution is 6.36. The van der Waals surface area contributed by atoms with Crippen LogP contribution in [0.25, 0.3) is 0 Å². The van der Waals surface area contributed by atoms with Crippen LogP contribution in [0.2, 0.25) is 10.0 Å². The lowest BCUT2D eigenvalue weighted by Crippen LogP contribution is -2.21. The van der Waals surface area contributed by atoms with Gasteiger partial charge in [-0.2, -0.15) is 0 Å². The lowest BCUT2D eigenvalue weighted by molar-refractivity contribution is -0.114. The van der Waals surface area contributed by atoms with E-state index in [2.05, 4.69) is 10.6 Å². The molecule has 2 rings (SSSR count). The average Bonchev–Trinajstić information content (AvgIpc) is 2.47. The number of rotatable bonds is 5. The van der Waals surface area contributed by atoms with Gasteiger partial charge in [0.25, 0.3) is 0 Å². The zero-order valence-electron chi connectivity index (χ0n) is 11.3. The molecule has 0 unspecified atom stereocenters. The Balaban J connectivity index is 1.89. The minimum absolute atomic E-state index is 0.105. The van der Waals surface area contributed by atoms with Gasteiger partial charge >= 0.3 is 0 Å². The fraction of sp³-hybridized carbons (Fsp3) is 0.133. The van der Waals surface area contributed by atoms with E-state index in [1.54, 1.807) is 49.6 Å². The molecule has 0 spiro atoms. The average molecular weight is 325 g/mol. The summed E-state index contributed by atoms with van der Waals surface area (Å²) >= 11 is 11.8. The third-order valence-electron chi connectivity index (χ3n) is 2.74. The molecule has 0 aliphatic carbocycles. The summed E-state index contributed by atoms with van der Waals surface area (Å²) in [7, 11) is 1.59. The molecule has 4 nitrogen and oxygen atoms in total. The predicted octanol–water partition coefficient (Wildman–Crippen LogP) is 4.05. The van der Waals surface area contributed by atoms with Crippen LogP contribution in [0.1, 0.15) is 0 Å². The molecule has 2 aromatic carbocycles. The monoisotopic (exact) mass is 324 g/mol. The smallest absolute Gasteiger partial charge is 0.243 e. The van der Waals surface area contributed by atoms with Crippen LogP contribution in [-0.4, -0.2) is 19.6 Å². The largest absolute Gasteiger partial charge is 0.497 e. The van der Waals surface area contributed by atoms with E-state index >= 15 is 0 Å². The lowest BCUT2D eigenvalue weighted by atomic mass is 10.3. The van der Waals surface area contributed by atoms with E-state index in [1.165, 1.54) is 0 Å². The standard InChI is InChI=1S/C15H14Cl2N2O2/c1-21-12-5-3-11(4-6-12)19-15(20)9-18-14-7-2-10(16)8-13(14)17/h2-8,18H,9H2,1H3,(H,19,20). The van der Waals surface area contributed by atoms with Gasteiger partial charge < -0.3 is 15.4 Å². The zero-order valence-corrected chi connectivity index (χ0v) is 12.8. The molecule has 0 aliphatic heterocycles. The van der Waals surface area contributed by atoms with Crippen LogP contribution >= 0.6 is 23.2 Å². The number of carbonyl (C=O) groups excluding carboxylic acids is 1. The van der Waals surface area contributed by atoms with Crippen molar-refractivity contribution in [2.24, 2.45) is 0 Å². The molecular formula is C15H14Cl2N2O2. The number of ether oxygens (including phenoxy) is 1. The third kappa shape index (κ3) is 4.55. The number of hydrogen-bond donors (Lipinski definition) is 2. The minimum Gasteiger partial charge on any atom is -0.497 e. The van der Waals surface area contributed by atoms with Crippen molar-refractivity contribution in [2.45, 2.75) is 0 Å². The van der Waals surface area contributed by atoms with Crippen molar-refractivity contribution in [2.75, 3.05) is 24.3 Å². The Kier molecular flexibility index (Phi) is 5.31. The number of methoxy groups -OCH3 is 1. The first-order valence-electron chi connectivity index (χ1n) is 6.21. The van der Waals surface area contributed by atoms with Gasteiger partial charge in [-0.3, -0.25) is 4.79 Å². The molecule has 0 saturated heterocycles. The normalized spacial score (nSPS) is 10.0. The number of carbonyl (C=O) groups is 1. The number of amides is 1. The van der Waals surface area contributed by atoms with Gasteiger partial charge in [0.15, 0.2) is 0 Å². The van der Waals surface area contributed by atoms with Gasteiger partial charge in [0, 0.05) is 10.7 Å². The van der Waals surface area contributed by atoms with Gasteiger partial charge in [-0.05, 0) is 42.5 Å². The Bertz CT molecular complexity index is 630. The third-order valence-corrected chi connectivity index (χ3v) is 3.29. The minimum atomic E-state index is -0.175. The SMILES string of the molecule is COc1ccc(NC(=O)CNc2ccc(Cl)cc2Cl)cc1. The highest BCUT2D eigenvalue weighted by atomic mass is 35.5. The van der Waals surface area contributed by atoms with Crippen molar-refractivity contribution < 1.29 is 9.53 Å². The van der Waals surface area contributed by atoms with Gasteiger partial charge in [-0.1, -0.05) is 23.2 Å². The summed E-state index contributed by atoms with van der Waals surface area (Å²) in [5.74, 6) is 0.560. The molecule has 0 radical (unpaired) electrons. The van der Waals surface area contributed by atoms with Crippen molar-refractivity contribution in [3.8, 4) is 5.75 Å². The van der Waals surface area contributed by atoms with Gasteiger partial charge in [0.05, 0.1) is 24.4 Å².